The number of rotatable bonds is 6. The maximum Gasteiger partial charge on any atom is 0.191 e. The highest BCUT2D eigenvalue weighted by Crippen LogP contribution is 2.26. The van der Waals surface area contributed by atoms with Gasteiger partial charge in [0, 0.05) is 50.6 Å². The molecule has 1 fully saturated rings. The Balaban J connectivity index is 0.00000300. The van der Waals surface area contributed by atoms with Crippen molar-refractivity contribution in [2.45, 2.75) is 19.0 Å². The molecule has 7 nitrogen and oxygen atoms in total. The number of ether oxygens (including phenoxy) is 2. The first kappa shape index (κ1) is 23.3. The average Bonchev–Trinajstić information content (AvgIpc) is 3.19. The molecule has 0 aliphatic carbocycles. The van der Waals surface area contributed by atoms with Crippen LogP contribution in [0.25, 0.3) is 0 Å². The third kappa shape index (κ3) is 6.02. The molecule has 0 amide bonds. The molecule has 1 aromatic carbocycles. The maximum atomic E-state index is 6.27. The first-order valence-corrected chi connectivity index (χ1v) is 9.56. The van der Waals surface area contributed by atoms with E-state index in [1.165, 1.54) is 0 Å². The predicted molar refractivity (Wildman–Crippen MR) is 128 cm³/mol. The summed E-state index contributed by atoms with van der Waals surface area (Å²) in [5.74, 6) is 3.12. The molecule has 2 heterocycles. The van der Waals surface area contributed by atoms with Crippen LogP contribution in [0.3, 0.4) is 0 Å². The topological polar surface area (TPSA) is 71.0 Å². The van der Waals surface area contributed by atoms with Crippen LogP contribution in [-0.4, -0.2) is 51.3 Å². The molecular formula is C20H27ClIN5O2. The summed E-state index contributed by atoms with van der Waals surface area (Å²) < 4.78 is 10.7. The van der Waals surface area contributed by atoms with Crippen molar-refractivity contribution in [1.82, 2.24) is 15.6 Å². The molecule has 3 rings (SSSR count). The van der Waals surface area contributed by atoms with E-state index < -0.39 is 0 Å². The highest BCUT2D eigenvalue weighted by Gasteiger charge is 2.25. The van der Waals surface area contributed by atoms with Crippen LogP contribution in [0.15, 0.2) is 41.5 Å². The van der Waals surface area contributed by atoms with Gasteiger partial charge in [0.1, 0.15) is 17.3 Å². The van der Waals surface area contributed by atoms with E-state index in [2.05, 4.69) is 25.5 Å². The standard InChI is InChI=1S/C20H26ClN5O2.HI/c1-22-20(24-12-14-6-7-16(27-2)11-18(14)28-3)25-15-8-10-26(13-15)19-17(21)5-4-9-23-19;/h4-7,9,11,15H,8,10,12-13H2,1-3H3,(H2,22,24,25);1H. The summed E-state index contributed by atoms with van der Waals surface area (Å²) in [5.41, 5.74) is 1.03. The van der Waals surface area contributed by atoms with E-state index in [1.54, 1.807) is 27.5 Å². The van der Waals surface area contributed by atoms with E-state index in [9.17, 15) is 0 Å². The number of aromatic nitrogens is 1. The van der Waals surface area contributed by atoms with Gasteiger partial charge >= 0.3 is 0 Å². The number of guanidine groups is 1. The number of methoxy groups -OCH3 is 2. The Morgan fingerprint density at radius 3 is 2.83 bits per heavy atom. The third-order valence-electron chi connectivity index (χ3n) is 4.73. The zero-order chi connectivity index (χ0) is 19.9. The molecule has 29 heavy (non-hydrogen) atoms. The second-order valence-corrected chi connectivity index (χ2v) is 6.90. The summed E-state index contributed by atoms with van der Waals surface area (Å²) in [7, 11) is 5.06. The average molecular weight is 532 g/mol. The van der Waals surface area contributed by atoms with E-state index in [4.69, 9.17) is 21.1 Å². The maximum absolute atomic E-state index is 6.27. The normalized spacial score (nSPS) is 16.2. The molecule has 9 heteroatoms. The van der Waals surface area contributed by atoms with E-state index >= 15 is 0 Å². The third-order valence-corrected chi connectivity index (χ3v) is 5.03. The second kappa shape index (κ2) is 11.3. The van der Waals surface area contributed by atoms with Crippen molar-refractivity contribution in [3.8, 4) is 11.5 Å². The minimum absolute atomic E-state index is 0. The molecule has 158 valence electrons. The predicted octanol–water partition coefficient (Wildman–Crippen LogP) is 3.31. The van der Waals surface area contributed by atoms with Crippen molar-refractivity contribution in [2.75, 3.05) is 39.3 Å². The Morgan fingerprint density at radius 1 is 1.31 bits per heavy atom. The van der Waals surface area contributed by atoms with Gasteiger partial charge in [-0.05, 0) is 30.7 Å². The highest BCUT2D eigenvalue weighted by molar-refractivity contribution is 14.0. The second-order valence-electron chi connectivity index (χ2n) is 6.49. The molecule has 0 spiro atoms. The summed E-state index contributed by atoms with van der Waals surface area (Å²) in [6.45, 7) is 2.32. The summed E-state index contributed by atoms with van der Waals surface area (Å²) in [6.07, 6.45) is 2.75. The van der Waals surface area contributed by atoms with Gasteiger partial charge < -0.3 is 25.0 Å². The largest absolute Gasteiger partial charge is 0.497 e. The van der Waals surface area contributed by atoms with Gasteiger partial charge in [-0.3, -0.25) is 4.99 Å². The van der Waals surface area contributed by atoms with Crippen molar-refractivity contribution in [3.63, 3.8) is 0 Å². The number of benzene rings is 1. The lowest BCUT2D eigenvalue weighted by Crippen LogP contribution is -2.44. The van der Waals surface area contributed by atoms with Crippen LogP contribution in [0.4, 0.5) is 5.82 Å². The van der Waals surface area contributed by atoms with Crippen LogP contribution >= 0.6 is 35.6 Å². The van der Waals surface area contributed by atoms with Gasteiger partial charge in [0.2, 0.25) is 0 Å². The molecule has 0 radical (unpaired) electrons. The van der Waals surface area contributed by atoms with E-state index in [-0.39, 0.29) is 30.0 Å². The van der Waals surface area contributed by atoms with Gasteiger partial charge in [-0.2, -0.15) is 0 Å². The first-order valence-electron chi connectivity index (χ1n) is 9.18. The van der Waals surface area contributed by atoms with Crippen molar-refractivity contribution in [3.05, 3.63) is 47.1 Å². The van der Waals surface area contributed by atoms with Crippen molar-refractivity contribution in [2.24, 2.45) is 4.99 Å². The minimum Gasteiger partial charge on any atom is -0.497 e. The zero-order valence-corrected chi connectivity index (χ0v) is 19.9. The number of pyridine rings is 1. The highest BCUT2D eigenvalue weighted by atomic mass is 127. The summed E-state index contributed by atoms with van der Waals surface area (Å²) in [4.78, 5) is 10.9. The van der Waals surface area contributed by atoms with Crippen LogP contribution in [0.5, 0.6) is 11.5 Å². The van der Waals surface area contributed by atoms with Crippen molar-refractivity contribution in [1.29, 1.82) is 0 Å². The monoisotopic (exact) mass is 531 g/mol. The van der Waals surface area contributed by atoms with Crippen molar-refractivity contribution < 1.29 is 9.47 Å². The minimum atomic E-state index is 0. The fraction of sp³-hybridized carbons (Fsp3) is 0.400. The van der Waals surface area contributed by atoms with Crippen LogP contribution in [0, 0.1) is 0 Å². The molecule has 1 saturated heterocycles. The quantitative estimate of drug-likeness (QED) is 0.339. The zero-order valence-electron chi connectivity index (χ0n) is 16.8. The van der Waals surface area contributed by atoms with Gasteiger partial charge in [-0.1, -0.05) is 11.6 Å². The molecule has 1 unspecified atom stereocenters. The number of nitrogens with zero attached hydrogens (tertiary/aromatic N) is 3. The molecule has 2 N–H and O–H groups in total. The van der Waals surface area contributed by atoms with Crippen LogP contribution in [0.2, 0.25) is 5.02 Å². The van der Waals surface area contributed by atoms with E-state index in [0.717, 1.165) is 48.4 Å². The molecule has 0 saturated carbocycles. The Labute approximate surface area is 193 Å². The lowest BCUT2D eigenvalue weighted by atomic mass is 10.2. The summed E-state index contributed by atoms with van der Waals surface area (Å²) >= 11 is 6.27. The number of hydrogen-bond acceptors (Lipinski definition) is 5. The number of anilines is 1. The summed E-state index contributed by atoms with van der Waals surface area (Å²) in [5, 5.41) is 7.50. The molecule has 0 bridgehead atoms. The molecule has 1 atom stereocenters. The number of nitrogens with one attached hydrogen (secondary N) is 2. The van der Waals surface area contributed by atoms with Crippen LogP contribution in [-0.2, 0) is 6.54 Å². The SMILES string of the molecule is CN=C(NCc1ccc(OC)cc1OC)NC1CCN(c2ncccc2Cl)C1.I. The van der Waals surface area contributed by atoms with Gasteiger partial charge in [0.15, 0.2) is 5.96 Å². The number of hydrogen-bond donors (Lipinski definition) is 2. The van der Waals surface area contributed by atoms with Crippen LogP contribution < -0.4 is 25.0 Å². The van der Waals surface area contributed by atoms with E-state index in [0.29, 0.717) is 11.6 Å². The van der Waals surface area contributed by atoms with Crippen LogP contribution in [0.1, 0.15) is 12.0 Å². The molecule has 2 aromatic rings. The Morgan fingerprint density at radius 2 is 2.14 bits per heavy atom. The molecule has 1 aliphatic rings. The fourth-order valence-corrected chi connectivity index (χ4v) is 3.49. The number of aliphatic imine (C=N–C) groups is 1. The lowest BCUT2D eigenvalue weighted by molar-refractivity contribution is 0.390. The Kier molecular flexibility index (Phi) is 9.09. The fourth-order valence-electron chi connectivity index (χ4n) is 3.25. The Bertz CT molecular complexity index is 836. The molecule has 1 aliphatic heterocycles. The van der Waals surface area contributed by atoms with Gasteiger partial charge in [-0.25, -0.2) is 4.98 Å². The van der Waals surface area contributed by atoms with Gasteiger partial charge in [-0.15, -0.1) is 24.0 Å². The van der Waals surface area contributed by atoms with Crippen molar-refractivity contribution >= 4 is 47.4 Å². The Hall–Kier alpha value is -1.94. The molecular weight excluding hydrogens is 505 g/mol. The lowest BCUT2D eigenvalue weighted by Gasteiger charge is -2.20. The van der Waals surface area contributed by atoms with Gasteiger partial charge in [0.25, 0.3) is 0 Å². The summed E-state index contributed by atoms with van der Waals surface area (Å²) in [6, 6.07) is 9.75. The number of halogens is 2. The molecule has 1 aromatic heterocycles. The smallest absolute Gasteiger partial charge is 0.191 e. The first-order chi connectivity index (χ1) is 13.6. The van der Waals surface area contributed by atoms with E-state index in [1.807, 2.05) is 30.3 Å². The van der Waals surface area contributed by atoms with Gasteiger partial charge in [0.05, 0.1) is 19.2 Å².